The lowest BCUT2D eigenvalue weighted by atomic mass is 10.3. The topological polar surface area (TPSA) is 29.9 Å². The van der Waals surface area contributed by atoms with Crippen molar-refractivity contribution in [3.8, 4) is 0 Å². The van der Waals surface area contributed by atoms with Crippen molar-refractivity contribution in [2.75, 3.05) is 6.54 Å². The second-order valence-corrected chi connectivity index (χ2v) is 4.87. The summed E-state index contributed by atoms with van der Waals surface area (Å²) in [5, 5.41) is 5.60. The quantitative estimate of drug-likeness (QED) is 0.806. The summed E-state index contributed by atoms with van der Waals surface area (Å²) in [5.74, 6) is 1.08. The molecule has 0 aromatic carbocycles. The van der Waals surface area contributed by atoms with Crippen LogP contribution in [0.1, 0.15) is 16.3 Å². The Labute approximate surface area is 100 Å². The van der Waals surface area contributed by atoms with Gasteiger partial charge in [0, 0.05) is 36.9 Å². The smallest absolute Gasteiger partial charge is 0.105 e. The zero-order chi connectivity index (χ0) is 11.4. The van der Waals surface area contributed by atoms with Crippen LogP contribution in [-0.4, -0.2) is 16.1 Å². The van der Waals surface area contributed by atoms with Gasteiger partial charge in [0.25, 0.3) is 0 Å². The predicted octanol–water partition coefficient (Wildman–Crippen LogP) is 2.35. The Morgan fingerprint density at radius 2 is 2.31 bits per heavy atom. The van der Waals surface area contributed by atoms with E-state index in [0.29, 0.717) is 0 Å². The number of nitrogens with zero attached hydrogens (tertiary/aromatic N) is 2. The molecule has 16 heavy (non-hydrogen) atoms. The van der Waals surface area contributed by atoms with Crippen molar-refractivity contribution in [2.45, 2.75) is 26.9 Å². The zero-order valence-corrected chi connectivity index (χ0v) is 10.5. The van der Waals surface area contributed by atoms with E-state index in [1.54, 1.807) is 0 Å². The number of aromatic nitrogens is 2. The maximum atomic E-state index is 4.20. The van der Waals surface area contributed by atoms with Gasteiger partial charge in [-0.15, -0.1) is 11.3 Å². The number of aryl methyl sites for hydroxylation is 2. The molecule has 2 heterocycles. The maximum Gasteiger partial charge on any atom is 0.105 e. The molecule has 2 rings (SSSR count). The first-order valence-corrected chi connectivity index (χ1v) is 6.37. The van der Waals surface area contributed by atoms with Gasteiger partial charge in [0.15, 0.2) is 0 Å². The van der Waals surface area contributed by atoms with Crippen molar-refractivity contribution in [3.05, 3.63) is 40.1 Å². The van der Waals surface area contributed by atoms with Gasteiger partial charge in [0.05, 0.1) is 0 Å². The maximum absolute atomic E-state index is 4.20. The standard InChI is InChI=1S/C12H17N3S/c1-10-3-8-16-12(10)9-13-4-6-15-7-5-14-11(15)2/h3,5,7-8,13H,4,6,9H2,1-2H3. The highest BCUT2D eigenvalue weighted by atomic mass is 32.1. The monoisotopic (exact) mass is 235 g/mol. The molecule has 0 spiro atoms. The van der Waals surface area contributed by atoms with E-state index >= 15 is 0 Å². The molecule has 0 aliphatic heterocycles. The summed E-state index contributed by atoms with van der Waals surface area (Å²) in [6.45, 7) is 7.12. The number of nitrogens with one attached hydrogen (secondary N) is 1. The first kappa shape index (κ1) is 11.4. The van der Waals surface area contributed by atoms with E-state index in [4.69, 9.17) is 0 Å². The van der Waals surface area contributed by atoms with E-state index in [1.165, 1.54) is 10.4 Å². The minimum Gasteiger partial charge on any atom is -0.334 e. The molecule has 1 N–H and O–H groups in total. The van der Waals surface area contributed by atoms with Crippen molar-refractivity contribution in [3.63, 3.8) is 0 Å². The first-order chi connectivity index (χ1) is 7.77. The van der Waals surface area contributed by atoms with Crippen LogP contribution in [-0.2, 0) is 13.1 Å². The highest BCUT2D eigenvalue weighted by molar-refractivity contribution is 7.10. The van der Waals surface area contributed by atoms with Crippen molar-refractivity contribution in [2.24, 2.45) is 0 Å². The molecule has 0 aliphatic carbocycles. The molecular formula is C12H17N3S. The van der Waals surface area contributed by atoms with Gasteiger partial charge in [-0.05, 0) is 30.9 Å². The lowest BCUT2D eigenvalue weighted by Crippen LogP contribution is -2.19. The molecule has 86 valence electrons. The van der Waals surface area contributed by atoms with Crippen LogP contribution in [0.4, 0.5) is 0 Å². The number of hydrogen-bond acceptors (Lipinski definition) is 3. The Morgan fingerprint density at radius 1 is 1.44 bits per heavy atom. The van der Waals surface area contributed by atoms with Crippen LogP contribution in [0.15, 0.2) is 23.8 Å². The normalized spacial score (nSPS) is 10.9. The molecule has 0 atom stereocenters. The molecule has 0 radical (unpaired) electrons. The Bertz CT molecular complexity index is 402. The van der Waals surface area contributed by atoms with Gasteiger partial charge in [0.1, 0.15) is 5.82 Å². The summed E-state index contributed by atoms with van der Waals surface area (Å²) in [4.78, 5) is 5.63. The zero-order valence-electron chi connectivity index (χ0n) is 9.73. The average molecular weight is 235 g/mol. The molecule has 0 fully saturated rings. The van der Waals surface area contributed by atoms with Crippen molar-refractivity contribution in [1.82, 2.24) is 14.9 Å². The summed E-state index contributed by atoms with van der Waals surface area (Å²) in [5.41, 5.74) is 1.39. The highest BCUT2D eigenvalue weighted by Crippen LogP contribution is 2.14. The van der Waals surface area contributed by atoms with Gasteiger partial charge in [-0.25, -0.2) is 4.98 Å². The van der Waals surface area contributed by atoms with Crippen molar-refractivity contribution in [1.29, 1.82) is 0 Å². The van der Waals surface area contributed by atoms with E-state index in [9.17, 15) is 0 Å². The van der Waals surface area contributed by atoms with Crippen LogP contribution < -0.4 is 5.32 Å². The fourth-order valence-corrected chi connectivity index (χ4v) is 2.50. The molecule has 4 heteroatoms. The molecule has 0 saturated heterocycles. The molecule has 3 nitrogen and oxygen atoms in total. The van der Waals surface area contributed by atoms with Crippen LogP contribution in [0.2, 0.25) is 0 Å². The largest absolute Gasteiger partial charge is 0.334 e. The number of hydrogen-bond donors (Lipinski definition) is 1. The Kier molecular flexibility index (Phi) is 3.74. The number of rotatable bonds is 5. The number of imidazole rings is 1. The van der Waals surface area contributed by atoms with E-state index in [2.05, 4.69) is 33.2 Å². The number of thiophene rings is 1. The second-order valence-electron chi connectivity index (χ2n) is 3.87. The summed E-state index contributed by atoms with van der Waals surface area (Å²) >= 11 is 1.82. The molecule has 0 aliphatic rings. The Hall–Kier alpha value is -1.13. The van der Waals surface area contributed by atoms with Gasteiger partial charge in [-0.3, -0.25) is 0 Å². The fourth-order valence-electron chi connectivity index (χ4n) is 1.63. The lowest BCUT2D eigenvalue weighted by Gasteiger charge is -2.06. The Balaban J connectivity index is 1.74. The summed E-state index contributed by atoms with van der Waals surface area (Å²) in [7, 11) is 0. The summed E-state index contributed by atoms with van der Waals surface area (Å²) < 4.78 is 2.16. The second kappa shape index (κ2) is 5.27. The van der Waals surface area contributed by atoms with Crippen LogP contribution in [0.5, 0.6) is 0 Å². The third kappa shape index (κ3) is 2.71. The molecule has 2 aromatic heterocycles. The lowest BCUT2D eigenvalue weighted by molar-refractivity contribution is 0.589. The SMILES string of the molecule is Cc1ccsc1CNCCn1ccnc1C. The molecule has 0 saturated carbocycles. The summed E-state index contributed by atoms with van der Waals surface area (Å²) in [6, 6.07) is 2.17. The van der Waals surface area contributed by atoms with Crippen LogP contribution in [0.3, 0.4) is 0 Å². The van der Waals surface area contributed by atoms with E-state index in [1.807, 2.05) is 30.7 Å². The van der Waals surface area contributed by atoms with Gasteiger partial charge in [0.2, 0.25) is 0 Å². The molecule has 0 amide bonds. The minimum absolute atomic E-state index is 0.969. The predicted molar refractivity (Wildman–Crippen MR) is 67.7 cm³/mol. The van der Waals surface area contributed by atoms with Gasteiger partial charge in [-0.1, -0.05) is 0 Å². The molecular weight excluding hydrogens is 218 g/mol. The van der Waals surface area contributed by atoms with E-state index in [0.717, 1.165) is 25.5 Å². The van der Waals surface area contributed by atoms with Crippen LogP contribution in [0, 0.1) is 13.8 Å². The first-order valence-electron chi connectivity index (χ1n) is 5.49. The molecule has 0 unspecified atom stereocenters. The minimum atomic E-state index is 0.969. The fraction of sp³-hybridized carbons (Fsp3) is 0.417. The molecule has 0 bridgehead atoms. The third-order valence-electron chi connectivity index (χ3n) is 2.71. The summed E-state index contributed by atoms with van der Waals surface area (Å²) in [6.07, 6.45) is 3.87. The van der Waals surface area contributed by atoms with Crippen LogP contribution in [0.25, 0.3) is 0 Å². The molecule has 2 aromatic rings. The average Bonchev–Trinajstić information content (AvgIpc) is 2.84. The van der Waals surface area contributed by atoms with E-state index < -0.39 is 0 Å². The van der Waals surface area contributed by atoms with Crippen LogP contribution >= 0.6 is 11.3 Å². The van der Waals surface area contributed by atoms with Gasteiger partial charge < -0.3 is 9.88 Å². The van der Waals surface area contributed by atoms with Gasteiger partial charge in [-0.2, -0.15) is 0 Å². The highest BCUT2D eigenvalue weighted by Gasteiger charge is 1.99. The van der Waals surface area contributed by atoms with Crippen molar-refractivity contribution < 1.29 is 0 Å². The van der Waals surface area contributed by atoms with Gasteiger partial charge >= 0.3 is 0 Å². The van der Waals surface area contributed by atoms with Crippen molar-refractivity contribution >= 4 is 11.3 Å². The van der Waals surface area contributed by atoms with E-state index in [-0.39, 0.29) is 0 Å². The third-order valence-corrected chi connectivity index (χ3v) is 3.73. The Morgan fingerprint density at radius 3 is 2.94 bits per heavy atom.